The van der Waals surface area contributed by atoms with Crippen molar-refractivity contribution in [1.82, 2.24) is 14.6 Å². The Morgan fingerprint density at radius 2 is 1.90 bits per heavy atom. The third-order valence-electron chi connectivity index (χ3n) is 5.82. The Hall–Kier alpha value is -1.31. The van der Waals surface area contributed by atoms with Gasteiger partial charge in [-0.05, 0) is 84.9 Å². The van der Waals surface area contributed by atoms with Crippen molar-refractivity contribution in [1.29, 1.82) is 0 Å². The number of amides is 1. The third-order valence-corrected chi connectivity index (χ3v) is 7.38. The number of piperidine rings is 1. The van der Waals surface area contributed by atoms with E-state index in [2.05, 4.69) is 15.8 Å². The van der Waals surface area contributed by atoms with Gasteiger partial charge < -0.3 is 14.2 Å². The van der Waals surface area contributed by atoms with Crippen LogP contribution in [0.4, 0.5) is 4.79 Å². The van der Waals surface area contributed by atoms with Gasteiger partial charge >= 0.3 is 6.09 Å². The number of rotatable bonds is 2. The number of ether oxygens (including phenoxy) is 1. The van der Waals surface area contributed by atoms with E-state index in [4.69, 9.17) is 4.74 Å². The number of hydrogen-bond acceptors (Lipinski definition) is 5. The van der Waals surface area contributed by atoms with Crippen LogP contribution in [0, 0.1) is 12.3 Å². The quantitative estimate of drug-likeness (QED) is 0.729. The zero-order valence-corrected chi connectivity index (χ0v) is 19.6. The van der Waals surface area contributed by atoms with Crippen molar-refractivity contribution < 1.29 is 14.1 Å². The summed E-state index contributed by atoms with van der Waals surface area (Å²) < 4.78 is 21.6. The normalized spacial score (nSPS) is 22.5. The van der Waals surface area contributed by atoms with Crippen molar-refractivity contribution in [3.8, 4) is 0 Å². The van der Waals surface area contributed by atoms with Gasteiger partial charge in [0.2, 0.25) is 0 Å². The average molecular weight is 422 g/mol. The zero-order chi connectivity index (χ0) is 21.6. The van der Waals surface area contributed by atoms with Crippen LogP contribution in [-0.4, -0.2) is 44.0 Å². The maximum absolute atomic E-state index is 12.9. The van der Waals surface area contributed by atoms with Crippen molar-refractivity contribution >= 4 is 17.5 Å². The Morgan fingerprint density at radius 1 is 1.28 bits per heavy atom. The van der Waals surface area contributed by atoms with Gasteiger partial charge in [-0.15, -0.1) is 4.72 Å². The molecule has 1 aromatic rings. The molecular formula is C22H35N3O3S. The molecule has 1 aromatic heterocycles. The molecule has 7 heteroatoms. The number of hydrogen-bond donors (Lipinski definition) is 1. The number of aryl methyl sites for hydroxylation is 1. The van der Waals surface area contributed by atoms with E-state index in [0.717, 1.165) is 30.5 Å². The van der Waals surface area contributed by atoms with Crippen LogP contribution >= 0.6 is 0 Å². The van der Waals surface area contributed by atoms with Crippen LogP contribution in [0.2, 0.25) is 0 Å². The molecule has 1 aliphatic heterocycles. The van der Waals surface area contributed by atoms with Gasteiger partial charge in [0.15, 0.2) is 0 Å². The molecule has 0 saturated carbocycles. The second-order valence-corrected chi connectivity index (χ2v) is 12.5. The summed E-state index contributed by atoms with van der Waals surface area (Å²) in [6, 6.07) is 2.13. The van der Waals surface area contributed by atoms with Crippen LogP contribution in [0.15, 0.2) is 12.3 Å². The standard InChI is InChI=1S/C22H35N3O3S/c1-15-12-16-13-22(8-10-25(11-9-22)19(26)28-20(2,3)4)18(17(16)14-23-15)24-29(27)21(5,6)7/h12,14,18,24H,8-11,13H2,1-7H3/t18-,29?/m0/s1. The maximum atomic E-state index is 12.9. The fraction of sp³-hybridized carbons (Fsp3) is 0.727. The number of carbonyl (C=O) groups excluding carboxylic acids is 1. The molecular weight excluding hydrogens is 386 g/mol. The molecule has 2 aliphatic rings. The highest BCUT2D eigenvalue weighted by atomic mass is 32.2. The molecule has 0 aromatic carbocycles. The Balaban J connectivity index is 1.81. The first-order valence-corrected chi connectivity index (χ1v) is 11.6. The Kier molecular flexibility index (Phi) is 5.98. The minimum atomic E-state index is -1.18. The van der Waals surface area contributed by atoms with Gasteiger partial charge in [-0.1, -0.05) is 0 Å². The molecule has 1 spiro atoms. The van der Waals surface area contributed by atoms with E-state index in [9.17, 15) is 9.35 Å². The highest BCUT2D eigenvalue weighted by Crippen LogP contribution is 2.52. The summed E-state index contributed by atoms with van der Waals surface area (Å²) in [5, 5.41) is 0. The van der Waals surface area contributed by atoms with Crippen molar-refractivity contribution in [3.63, 3.8) is 0 Å². The predicted octanol–water partition coefficient (Wildman–Crippen LogP) is 4.06. The molecule has 2 atom stereocenters. The number of carbonyl (C=O) groups is 1. The molecule has 162 valence electrons. The Morgan fingerprint density at radius 3 is 2.45 bits per heavy atom. The molecule has 1 N–H and O–H groups in total. The summed E-state index contributed by atoms with van der Waals surface area (Å²) in [6.07, 6.45) is 4.31. The first kappa shape index (κ1) is 22.4. The van der Waals surface area contributed by atoms with Crippen molar-refractivity contribution in [2.24, 2.45) is 5.41 Å². The summed E-state index contributed by atoms with van der Waals surface area (Å²) >= 11 is -1.18. The van der Waals surface area contributed by atoms with Crippen molar-refractivity contribution in [3.05, 3.63) is 29.1 Å². The minimum absolute atomic E-state index is 0.0218. The third kappa shape index (κ3) is 4.89. The lowest BCUT2D eigenvalue weighted by atomic mass is 9.73. The largest absolute Gasteiger partial charge is 0.598 e. The molecule has 0 radical (unpaired) electrons. The monoisotopic (exact) mass is 421 g/mol. The molecule has 1 saturated heterocycles. The van der Waals surface area contributed by atoms with Gasteiger partial charge in [0.05, 0.1) is 6.04 Å². The molecule has 6 nitrogen and oxygen atoms in total. The number of pyridine rings is 1. The van der Waals surface area contributed by atoms with Gasteiger partial charge in [0.1, 0.15) is 10.3 Å². The number of nitrogens with one attached hydrogen (secondary N) is 1. The molecule has 1 aliphatic carbocycles. The number of aromatic nitrogens is 1. The smallest absolute Gasteiger partial charge is 0.410 e. The lowest BCUT2D eigenvalue weighted by molar-refractivity contribution is 0.00715. The molecule has 2 heterocycles. The van der Waals surface area contributed by atoms with E-state index in [1.165, 1.54) is 5.56 Å². The van der Waals surface area contributed by atoms with Gasteiger partial charge in [-0.2, -0.15) is 0 Å². The molecule has 3 rings (SSSR count). The molecule has 29 heavy (non-hydrogen) atoms. The fourth-order valence-electron chi connectivity index (χ4n) is 4.25. The van der Waals surface area contributed by atoms with Crippen molar-refractivity contribution in [2.45, 2.75) is 84.1 Å². The van der Waals surface area contributed by atoms with Crippen LogP contribution in [0.1, 0.15) is 77.2 Å². The number of likely N-dealkylation sites (tertiary alicyclic amines) is 1. The fourth-order valence-corrected chi connectivity index (χ4v) is 5.19. The topological polar surface area (TPSA) is 77.5 Å². The van der Waals surface area contributed by atoms with Gasteiger partial charge in [0.25, 0.3) is 0 Å². The van der Waals surface area contributed by atoms with E-state index in [1.807, 2.05) is 54.7 Å². The summed E-state index contributed by atoms with van der Waals surface area (Å²) in [5.41, 5.74) is 2.89. The van der Waals surface area contributed by atoms with Crippen LogP contribution < -0.4 is 4.72 Å². The second-order valence-electron chi connectivity index (χ2n) is 10.5. The number of fused-ring (bicyclic) bond motifs is 1. The lowest BCUT2D eigenvalue weighted by Crippen LogP contribution is -2.51. The van der Waals surface area contributed by atoms with Gasteiger partial charge in [0, 0.05) is 41.8 Å². The van der Waals surface area contributed by atoms with E-state index in [0.29, 0.717) is 13.1 Å². The van der Waals surface area contributed by atoms with Gasteiger partial charge in [-0.3, -0.25) is 4.98 Å². The summed E-state index contributed by atoms with van der Waals surface area (Å²) in [7, 11) is 0. The van der Waals surface area contributed by atoms with E-state index in [1.54, 1.807) is 4.90 Å². The SMILES string of the molecule is Cc1cc2c(cn1)[C@H](N[S+]([O-])C(C)(C)C)C1(CCN(C(=O)OC(C)(C)C)CC1)C2. The second kappa shape index (κ2) is 7.75. The molecule has 1 fully saturated rings. The van der Waals surface area contributed by atoms with Crippen LogP contribution in [0.25, 0.3) is 0 Å². The van der Waals surface area contributed by atoms with Crippen molar-refractivity contribution in [2.75, 3.05) is 13.1 Å². The van der Waals surface area contributed by atoms with Crippen LogP contribution in [0.3, 0.4) is 0 Å². The van der Waals surface area contributed by atoms with Crippen LogP contribution in [-0.2, 0) is 22.5 Å². The molecule has 1 amide bonds. The van der Waals surface area contributed by atoms with E-state index in [-0.39, 0.29) is 22.3 Å². The molecule has 1 unspecified atom stereocenters. The van der Waals surface area contributed by atoms with Crippen LogP contribution in [0.5, 0.6) is 0 Å². The maximum Gasteiger partial charge on any atom is 0.410 e. The minimum Gasteiger partial charge on any atom is -0.598 e. The zero-order valence-electron chi connectivity index (χ0n) is 18.8. The summed E-state index contributed by atoms with van der Waals surface area (Å²) in [5.74, 6) is 0. The average Bonchev–Trinajstić information content (AvgIpc) is 2.85. The Bertz CT molecular complexity index is 762. The lowest BCUT2D eigenvalue weighted by Gasteiger charge is -2.43. The first-order valence-electron chi connectivity index (χ1n) is 10.4. The van der Waals surface area contributed by atoms with E-state index >= 15 is 0 Å². The Labute approximate surface area is 178 Å². The first-order chi connectivity index (χ1) is 13.3. The van der Waals surface area contributed by atoms with E-state index < -0.39 is 17.0 Å². The predicted molar refractivity (Wildman–Crippen MR) is 116 cm³/mol. The number of nitrogens with zero attached hydrogens (tertiary/aromatic N) is 2. The summed E-state index contributed by atoms with van der Waals surface area (Å²) in [6.45, 7) is 14.9. The highest BCUT2D eigenvalue weighted by Gasteiger charge is 2.51. The summed E-state index contributed by atoms with van der Waals surface area (Å²) in [4.78, 5) is 18.8. The van der Waals surface area contributed by atoms with Gasteiger partial charge in [-0.25, -0.2) is 4.79 Å². The highest BCUT2D eigenvalue weighted by molar-refractivity contribution is 7.90. The molecule has 0 bridgehead atoms.